The molecule has 8 heteroatoms. The Balaban J connectivity index is 2.74. The summed E-state index contributed by atoms with van der Waals surface area (Å²) in [5.74, 6) is -10.9. The van der Waals surface area contributed by atoms with Gasteiger partial charge in [0.2, 0.25) is 0 Å². The molecule has 0 fully saturated rings. The van der Waals surface area contributed by atoms with Gasteiger partial charge in [-0.15, -0.1) is 0 Å². The summed E-state index contributed by atoms with van der Waals surface area (Å²) < 4.78 is 0. The Morgan fingerprint density at radius 3 is 2.04 bits per heavy atom. The number of benzene rings is 1. The van der Waals surface area contributed by atoms with Crippen LogP contribution in [-0.4, -0.2) is 44.3 Å². The molecule has 1 aromatic rings. The minimum absolute atomic E-state index is 0.247. The Morgan fingerprint density at radius 2 is 1.57 bits per heavy atom. The zero-order chi connectivity index (χ0) is 21.0. The van der Waals surface area contributed by atoms with Crippen LogP contribution in [0.1, 0.15) is 55.6 Å². The zero-order valence-corrected chi connectivity index (χ0v) is 15.4. The van der Waals surface area contributed by atoms with Crippen molar-refractivity contribution in [2.45, 2.75) is 44.4 Å². The molecular formula is C20H24O8. The van der Waals surface area contributed by atoms with Gasteiger partial charge < -0.3 is 20.4 Å². The second-order valence-electron chi connectivity index (χ2n) is 7.18. The highest BCUT2D eigenvalue weighted by Crippen LogP contribution is 2.52. The molecule has 2 rings (SSSR count). The van der Waals surface area contributed by atoms with Crippen LogP contribution in [0.5, 0.6) is 0 Å². The van der Waals surface area contributed by atoms with E-state index in [-0.39, 0.29) is 5.56 Å². The van der Waals surface area contributed by atoms with Crippen molar-refractivity contribution >= 4 is 23.9 Å². The van der Waals surface area contributed by atoms with E-state index < -0.39 is 59.9 Å². The Bertz CT molecular complexity index is 771. The van der Waals surface area contributed by atoms with Crippen molar-refractivity contribution in [1.29, 1.82) is 0 Å². The highest BCUT2D eigenvalue weighted by atomic mass is 16.4. The number of carboxylic acids is 4. The lowest BCUT2D eigenvalue weighted by Gasteiger charge is -2.43. The third-order valence-corrected chi connectivity index (χ3v) is 5.56. The van der Waals surface area contributed by atoms with Gasteiger partial charge in [-0.25, -0.2) is 0 Å². The highest BCUT2D eigenvalue weighted by molar-refractivity contribution is 5.87. The molecule has 28 heavy (non-hydrogen) atoms. The Labute approximate surface area is 161 Å². The number of carbonyl (C=O) groups is 4. The fourth-order valence-corrected chi connectivity index (χ4v) is 4.47. The first-order valence-electron chi connectivity index (χ1n) is 9.19. The SMILES string of the molecule is CCCCC1C(C(=O)O)C(C(=O)O)c2ccccc2C1C(CC(=O)O)C(=O)O. The van der Waals surface area contributed by atoms with Crippen LogP contribution in [0.25, 0.3) is 0 Å². The molecule has 0 aliphatic heterocycles. The molecule has 1 aliphatic rings. The molecule has 0 amide bonds. The molecule has 0 bridgehead atoms. The van der Waals surface area contributed by atoms with Crippen LogP contribution in [-0.2, 0) is 19.2 Å². The molecule has 4 N–H and O–H groups in total. The van der Waals surface area contributed by atoms with Crippen LogP contribution >= 0.6 is 0 Å². The largest absolute Gasteiger partial charge is 0.481 e. The van der Waals surface area contributed by atoms with Crippen LogP contribution in [0.4, 0.5) is 0 Å². The van der Waals surface area contributed by atoms with Crippen molar-refractivity contribution < 1.29 is 39.6 Å². The quantitative estimate of drug-likeness (QED) is 0.501. The summed E-state index contributed by atoms with van der Waals surface area (Å²) in [7, 11) is 0. The molecule has 1 aromatic carbocycles. The van der Waals surface area contributed by atoms with Gasteiger partial charge in [-0.05, 0) is 23.5 Å². The summed E-state index contributed by atoms with van der Waals surface area (Å²) in [4.78, 5) is 47.3. The van der Waals surface area contributed by atoms with Gasteiger partial charge in [0.05, 0.1) is 24.2 Å². The average Bonchev–Trinajstić information content (AvgIpc) is 2.62. The number of hydrogen-bond acceptors (Lipinski definition) is 4. The molecule has 5 unspecified atom stereocenters. The van der Waals surface area contributed by atoms with E-state index in [1.54, 1.807) is 18.2 Å². The number of unbranched alkanes of at least 4 members (excludes halogenated alkanes) is 1. The average molecular weight is 392 g/mol. The van der Waals surface area contributed by atoms with Gasteiger partial charge >= 0.3 is 23.9 Å². The molecule has 0 saturated heterocycles. The van der Waals surface area contributed by atoms with Gasteiger partial charge in [-0.3, -0.25) is 19.2 Å². The Kier molecular flexibility index (Phi) is 6.77. The standard InChI is InChI=1S/C20H24O8/c1-2-3-6-12-15(13(18(23)24)9-14(21)22)10-7-4-5-8-11(10)16(19(25)26)17(12)20(27)28/h4-5,7-8,12-13,15-17H,2-3,6,9H2,1H3,(H,21,22)(H,23,24)(H,25,26)(H,27,28). The number of fused-ring (bicyclic) bond motifs is 1. The number of rotatable bonds is 9. The van der Waals surface area contributed by atoms with Gasteiger partial charge in [0.15, 0.2) is 0 Å². The summed E-state index contributed by atoms with van der Waals surface area (Å²) >= 11 is 0. The second kappa shape index (κ2) is 8.86. The van der Waals surface area contributed by atoms with Crippen molar-refractivity contribution in [3.8, 4) is 0 Å². The normalized spacial score (nSPS) is 24.8. The summed E-state index contributed by atoms with van der Waals surface area (Å²) in [6, 6.07) is 6.28. The lowest BCUT2D eigenvalue weighted by Crippen LogP contribution is -2.44. The van der Waals surface area contributed by atoms with Gasteiger partial charge in [0.25, 0.3) is 0 Å². The first-order chi connectivity index (χ1) is 13.2. The topological polar surface area (TPSA) is 149 Å². The molecule has 8 nitrogen and oxygen atoms in total. The minimum Gasteiger partial charge on any atom is -0.481 e. The molecule has 0 spiro atoms. The van der Waals surface area contributed by atoms with Crippen molar-refractivity contribution in [3.63, 3.8) is 0 Å². The molecule has 5 atom stereocenters. The van der Waals surface area contributed by atoms with E-state index in [9.17, 15) is 39.6 Å². The second-order valence-corrected chi connectivity index (χ2v) is 7.18. The van der Waals surface area contributed by atoms with Crippen molar-refractivity contribution in [1.82, 2.24) is 0 Å². The Morgan fingerprint density at radius 1 is 0.964 bits per heavy atom. The molecular weight excluding hydrogens is 368 g/mol. The smallest absolute Gasteiger partial charge is 0.311 e. The van der Waals surface area contributed by atoms with Crippen LogP contribution in [0.3, 0.4) is 0 Å². The lowest BCUT2D eigenvalue weighted by molar-refractivity contribution is -0.156. The molecule has 152 valence electrons. The zero-order valence-electron chi connectivity index (χ0n) is 15.4. The summed E-state index contributed by atoms with van der Waals surface area (Å²) in [5.41, 5.74) is 0.666. The van der Waals surface area contributed by atoms with Crippen molar-refractivity contribution in [3.05, 3.63) is 35.4 Å². The maximum absolute atomic E-state index is 12.1. The van der Waals surface area contributed by atoms with E-state index in [1.165, 1.54) is 6.07 Å². The molecule has 0 aromatic heterocycles. The fourth-order valence-electron chi connectivity index (χ4n) is 4.47. The maximum Gasteiger partial charge on any atom is 0.311 e. The van der Waals surface area contributed by atoms with E-state index in [0.717, 1.165) is 0 Å². The van der Waals surface area contributed by atoms with E-state index in [4.69, 9.17) is 0 Å². The van der Waals surface area contributed by atoms with E-state index in [0.29, 0.717) is 24.8 Å². The lowest BCUT2D eigenvalue weighted by atomic mass is 9.58. The van der Waals surface area contributed by atoms with Crippen LogP contribution < -0.4 is 0 Å². The van der Waals surface area contributed by atoms with Crippen molar-refractivity contribution in [2.24, 2.45) is 17.8 Å². The van der Waals surface area contributed by atoms with Crippen LogP contribution in [0, 0.1) is 17.8 Å². The molecule has 0 saturated carbocycles. The monoisotopic (exact) mass is 392 g/mol. The third-order valence-electron chi connectivity index (χ3n) is 5.56. The molecule has 0 heterocycles. The summed E-state index contributed by atoms with van der Waals surface area (Å²) in [5, 5.41) is 38.5. The van der Waals surface area contributed by atoms with Crippen LogP contribution in [0.15, 0.2) is 24.3 Å². The fraction of sp³-hybridized carbons (Fsp3) is 0.500. The number of aliphatic carboxylic acids is 4. The maximum atomic E-state index is 12.1. The van der Waals surface area contributed by atoms with Gasteiger partial charge in [-0.1, -0.05) is 44.0 Å². The van der Waals surface area contributed by atoms with E-state index in [1.807, 2.05) is 6.92 Å². The number of carboxylic acid groups (broad SMARTS) is 4. The summed E-state index contributed by atoms with van der Waals surface area (Å²) in [6.45, 7) is 1.89. The first kappa shape index (κ1) is 21.4. The predicted molar refractivity (Wildman–Crippen MR) is 97.1 cm³/mol. The Hall–Kier alpha value is -2.90. The predicted octanol–water partition coefficient (Wildman–Crippen LogP) is 2.63. The minimum atomic E-state index is -1.35. The van der Waals surface area contributed by atoms with E-state index in [2.05, 4.69) is 0 Å². The molecule has 0 radical (unpaired) electrons. The van der Waals surface area contributed by atoms with Crippen LogP contribution in [0.2, 0.25) is 0 Å². The van der Waals surface area contributed by atoms with Gasteiger partial charge in [0, 0.05) is 5.92 Å². The van der Waals surface area contributed by atoms with Gasteiger partial charge in [0.1, 0.15) is 0 Å². The van der Waals surface area contributed by atoms with Gasteiger partial charge in [-0.2, -0.15) is 0 Å². The van der Waals surface area contributed by atoms with Crippen molar-refractivity contribution in [2.75, 3.05) is 0 Å². The third kappa shape index (κ3) is 4.16. The highest BCUT2D eigenvalue weighted by Gasteiger charge is 2.52. The molecule has 1 aliphatic carbocycles. The van der Waals surface area contributed by atoms with E-state index >= 15 is 0 Å². The first-order valence-corrected chi connectivity index (χ1v) is 9.19. The summed E-state index contributed by atoms with van der Waals surface area (Å²) in [6.07, 6.45) is 0.936. The number of hydrogen-bond donors (Lipinski definition) is 4.